The summed E-state index contributed by atoms with van der Waals surface area (Å²) in [5, 5.41) is 0. The first-order valence-electron chi connectivity index (χ1n) is 7.59. The van der Waals surface area contributed by atoms with Crippen molar-refractivity contribution in [1.82, 2.24) is 0 Å². The lowest BCUT2D eigenvalue weighted by Crippen LogP contribution is -2.01. The molecule has 1 aromatic rings. The first kappa shape index (κ1) is 16.8. The standard InChI is InChI=1S/C20H30/c1-19(2,3)15-7-9-17-11-13-18(14-12-17)10-8-16-20(4,5)6/h7-14H,15-16H2,1-6H3/b9-7+,10-8+. The minimum absolute atomic E-state index is 0.367. The van der Waals surface area contributed by atoms with E-state index in [1.54, 1.807) is 0 Å². The quantitative estimate of drug-likeness (QED) is 0.579. The van der Waals surface area contributed by atoms with Crippen LogP contribution in [0.25, 0.3) is 12.2 Å². The second-order valence-electron chi connectivity index (χ2n) is 8.00. The van der Waals surface area contributed by atoms with E-state index in [1.807, 2.05) is 0 Å². The zero-order valence-corrected chi connectivity index (χ0v) is 14.0. The number of allylic oxidation sites excluding steroid dienone is 2. The van der Waals surface area contributed by atoms with Gasteiger partial charge in [-0.3, -0.25) is 0 Å². The second-order valence-corrected chi connectivity index (χ2v) is 8.00. The molecule has 0 bridgehead atoms. The summed E-state index contributed by atoms with van der Waals surface area (Å²) in [6.07, 6.45) is 11.2. The summed E-state index contributed by atoms with van der Waals surface area (Å²) in [7, 11) is 0. The molecule has 0 radical (unpaired) electrons. The third kappa shape index (κ3) is 7.99. The van der Waals surface area contributed by atoms with E-state index in [9.17, 15) is 0 Å². The monoisotopic (exact) mass is 270 g/mol. The van der Waals surface area contributed by atoms with Crippen LogP contribution in [0.2, 0.25) is 0 Å². The number of rotatable bonds is 4. The van der Waals surface area contributed by atoms with Crippen molar-refractivity contribution in [1.29, 1.82) is 0 Å². The first-order chi connectivity index (χ1) is 9.16. The van der Waals surface area contributed by atoms with Crippen molar-refractivity contribution in [3.63, 3.8) is 0 Å². The fraction of sp³-hybridized carbons (Fsp3) is 0.500. The number of hydrogen-bond donors (Lipinski definition) is 0. The molecule has 20 heavy (non-hydrogen) atoms. The van der Waals surface area contributed by atoms with E-state index in [-0.39, 0.29) is 0 Å². The van der Waals surface area contributed by atoms with E-state index in [4.69, 9.17) is 0 Å². The van der Waals surface area contributed by atoms with Gasteiger partial charge in [-0.15, -0.1) is 0 Å². The van der Waals surface area contributed by atoms with Gasteiger partial charge >= 0.3 is 0 Å². The molecule has 0 amide bonds. The van der Waals surface area contributed by atoms with E-state index < -0.39 is 0 Å². The van der Waals surface area contributed by atoms with Crippen molar-refractivity contribution in [2.45, 2.75) is 54.4 Å². The van der Waals surface area contributed by atoms with Gasteiger partial charge in [-0.05, 0) is 34.8 Å². The van der Waals surface area contributed by atoms with Crippen LogP contribution in [0.15, 0.2) is 36.4 Å². The van der Waals surface area contributed by atoms with Gasteiger partial charge in [-0.25, -0.2) is 0 Å². The van der Waals surface area contributed by atoms with Crippen LogP contribution in [0.5, 0.6) is 0 Å². The Bertz CT molecular complexity index is 399. The molecular weight excluding hydrogens is 240 g/mol. The SMILES string of the molecule is CC(C)(C)C/C=C/c1ccc(/C=C/CC(C)(C)C)cc1. The fourth-order valence-electron chi connectivity index (χ4n) is 1.82. The van der Waals surface area contributed by atoms with Crippen molar-refractivity contribution in [3.8, 4) is 0 Å². The fourth-order valence-corrected chi connectivity index (χ4v) is 1.82. The molecule has 0 spiro atoms. The molecule has 0 atom stereocenters. The van der Waals surface area contributed by atoms with Crippen molar-refractivity contribution in [3.05, 3.63) is 47.5 Å². The molecule has 0 heteroatoms. The molecular formula is C20H30. The molecule has 0 aromatic heterocycles. The average molecular weight is 270 g/mol. The molecule has 1 aromatic carbocycles. The maximum absolute atomic E-state index is 2.27. The Balaban J connectivity index is 2.56. The van der Waals surface area contributed by atoms with Crippen molar-refractivity contribution < 1.29 is 0 Å². The van der Waals surface area contributed by atoms with Crippen LogP contribution in [0.4, 0.5) is 0 Å². The first-order valence-corrected chi connectivity index (χ1v) is 7.59. The molecule has 0 nitrogen and oxygen atoms in total. The zero-order valence-electron chi connectivity index (χ0n) is 14.0. The van der Waals surface area contributed by atoms with Crippen LogP contribution in [0.1, 0.15) is 65.5 Å². The van der Waals surface area contributed by atoms with Gasteiger partial charge in [-0.1, -0.05) is 90.1 Å². The highest BCUT2D eigenvalue weighted by molar-refractivity contribution is 5.55. The van der Waals surface area contributed by atoms with Gasteiger partial charge in [0.05, 0.1) is 0 Å². The third-order valence-corrected chi connectivity index (χ3v) is 3.02. The van der Waals surface area contributed by atoms with Crippen molar-refractivity contribution in [2.24, 2.45) is 10.8 Å². The molecule has 0 heterocycles. The molecule has 0 unspecified atom stereocenters. The Morgan fingerprint density at radius 2 is 0.950 bits per heavy atom. The molecule has 110 valence electrons. The third-order valence-electron chi connectivity index (χ3n) is 3.02. The maximum Gasteiger partial charge on any atom is -0.0259 e. The lowest BCUT2D eigenvalue weighted by molar-refractivity contribution is 0.421. The summed E-state index contributed by atoms with van der Waals surface area (Å²) in [4.78, 5) is 0. The topological polar surface area (TPSA) is 0 Å². The highest BCUT2D eigenvalue weighted by Crippen LogP contribution is 2.21. The molecule has 0 fully saturated rings. The van der Waals surface area contributed by atoms with E-state index in [2.05, 4.69) is 90.1 Å². The highest BCUT2D eigenvalue weighted by atomic mass is 14.1. The van der Waals surface area contributed by atoms with E-state index in [0.29, 0.717) is 10.8 Å². The van der Waals surface area contributed by atoms with Crippen LogP contribution in [0, 0.1) is 10.8 Å². The summed E-state index contributed by atoms with van der Waals surface area (Å²) in [6.45, 7) is 13.6. The largest absolute Gasteiger partial charge is 0.0834 e. The smallest absolute Gasteiger partial charge is 0.0259 e. The summed E-state index contributed by atoms with van der Waals surface area (Å²) in [5.41, 5.74) is 3.29. The Morgan fingerprint density at radius 3 is 1.20 bits per heavy atom. The zero-order chi connectivity index (χ0) is 15.2. The van der Waals surface area contributed by atoms with Gasteiger partial charge < -0.3 is 0 Å². The summed E-state index contributed by atoms with van der Waals surface area (Å²) >= 11 is 0. The summed E-state index contributed by atoms with van der Waals surface area (Å²) in [5.74, 6) is 0. The van der Waals surface area contributed by atoms with Gasteiger partial charge in [-0.2, -0.15) is 0 Å². The summed E-state index contributed by atoms with van der Waals surface area (Å²) in [6, 6.07) is 8.76. The maximum atomic E-state index is 2.27. The average Bonchev–Trinajstić information content (AvgIpc) is 2.28. The van der Waals surface area contributed by atoms with E-state index >= 15 is 0 Å². The van der Waals surface area contributed by atoms with Crippen LogP contribution in [0.3, 0.4) is 0 Å². The van der Waals surface area contributed by atoms with Crippen LogP contribution in [-0.4, -0.2) is 0 Å². The van der Waals surface area contributed by atoms with Gasteiger partial charge in [0.25, 0.3) is 0 Å². The lowest BCUT2D eigenvalue weighted by atomic mass is 9.91. The van der Waals surface area contributed by atoms with E-state index in [0.717, 1.165) is 12.8 Å². The number of hydrogen-bond acceptors (Lipinski definition) is 0. The van der Waals surface area contributed by atoms with Gasteiger partial charge in [0.2, 0.25) is 0 Å². The molecule has 0 aliphatic carbocycles. The molecule has 0 N–H and O–H groups in total. The second kappa shape index (κ2) is 6.92. The highest BCUT2D eigenvalue weighted by Gasteiger charge is 2.07. The lowest BCUT2D eigenvalue weighted by Gasteiger charge is -2.14. The number of benzene rings is 1. The Kier molecular flexibility index (Phi) is 5.80. The van der Waals surface area contributed by atoms with Crippen LogP contribution in [-0.2, 0) is 0 Å². The minimum Gasteiger partial charge on any atom is -0.0834 e. The Labute approximate surface area is 125 Å². The minimum atomic E-state index is 0.367. The van der Waals surface area contributed by atoms with Crippen LogP contribution < -0.4 is 0 Å². The van der Waals surface area contributed by atoms with Gasteiger partial charge in [0, 0.05) is 0 Å². The molecule has 1 rings (SSSR count). The molecule has 0 aliphatic rings. The van der Waals surface area contributed by atoms with Gasteiger partial charge in [0.1, 0.15) is 0 Å². The van der Waals surface area contributed by atoms with Crippen molar-refractivity contribution in [2.75, 3.05) is 0 Å². The van der Waals surface area contributed by atoms with Crippen molar-refractivity contribution >= 4 is 12.2 Å². The molecule has 0 saturated heterocycles. The van der Waals surface area contributed by atoms with Crippen LogP contribution >= 0.6 is 0 Å². The Morgan fingerprint density at radius 1 is 0.650 bits per heavy atom. The van der Waals surface area contributed by atoms with E-state index in [1.165, 1.54) is 11.1 Å². The summed E-state index contributed by atoms with van der Waals surface area (Å²) < 4.78 is 0. The predicted octanol–water partition coefficient (Wildman–Crippen LogP) is 6.59. The van der Waals surface area contributed by atoms with Gasteiger partial charge in [0.15, 0.2) is 0 Å². The normalized spacial score (nSPS) is 13.5. The molecule has 0 saturated carbocycles. The predicted molar refractivity (Wildman–Crippen MR) is 92.7 cm³/mol. The Hall–Kier alpha value is -1.30. The molecule has 0 aliphatic heterocycles.